The van der Waals surface area contributed by atoms with Gasteiger partial charge in [-0.3, -0.25) is 4.57 Å². The van der Waals surface area contributed by atoms with Crippen LogP contribution in [0.3, 0.4) is 0 Å². The van der Waals surface area contributed by atoms with Gasteiger partial charge in [0.1, 0.15) is 18.8 Å². The third-order valence-electron chi connectivity index (χ3n) is 2.59. The summed E-state index contributed by atoms with van der Waals surface area (Å²) in [6.45, 7) is 4.62. The summed E-state index contributed by atoms with van der Waals surface area (Å²) in [6.07, 6.45) is -0.904. The first-order valence-corrected chi connectivity index (χ1v) is 9.09. The van der Waals surface area contributed by atoms with Crippen LogP contribution in [0.2, 0.25) is 0 Å². The molecule has 0 saturated carbocycles. The van der Waals surface area contributed by atoms with Crippen LogP contribution < -0.4 is 10.2 Å². The van der Waals surface area contributed by atoms with Crippen molar-refractivity contribution in [3.05, 3.63) is 0 Å². The molecule has 0 spiro atoms. The number of quaternary nitrogens is 1. The van der Waals surface area contributed by atoms with Gasteiger partial charge in [-0.2, -0.15) is 0 Å². The zero-order valence-electron chi connectivity index (χ0n) is 15.9. The minimum Gasteiger partial charge on any atom is -0.756 e. The molecule has 0 aliphatic heterocycles. The van der Waals surface area contributed by atoms with Gasteiger partial charge in [-0.25, -0.2) is 9.59 Å². The molecule has 0 aliphatic carbocycles. The Hall–Kier alpha value is -1.19. The first-order chi connectivity index (χ1) is 11.2. The Kier molecular flexibility index (Phi) is 9.04. The highest BCUT2D eigenvalue weighted by molar-refractivity contribution is 7.45. The predicted molar refractivity (Wildman–Crippen MR) is 87.6 cm³/mol. The number of methoxy groups -OCH3 is 1. The topological polar surface area (TPSA) is 123 Å². The van der Waals surface area contributed by atoms with Crippen LogP contribution in [0.4, 0.5) is 4.79 Å². The van der Waals surface area contributed by atoms with Gasteiger partial charge < -0.3 is 33.2 Å². The molecule has 0 saturated heterocycles. The van der Waals surface area contributed by atoms with E-state index < -0.39 is 38.1 Å². The van der Waals surface area contributed by atoms with Crippen molar-refractivity contribution < 1.29 is 42.1 Å². The minimum atomic E-state index is -4.63. The summed E-state index contributed by atoms with van der Waals surface area (Å²) in [6, 6.07) is -1.36. The molecule has 11 heteroatoms. The van der Waals surface area contributed by atoms with Crippen molar-refractivity contribution in [2.24, 2.45) is 0 Å². The molecule has 0 radical (unpaired) electrons. The van der Waals surface area contributed by atoms with Gasteiger partial charge >= 0.3 is 12.1 Å². The maximum atomic E-state index is 11.7. The molecule has 0 aromatic heterocycles. The monoisotopic (exact) mass is 384 g/mol. The summed E-state index contributed by atoms with van der Waals surface area (Å²) in [7, 11) is 2.09. The fraction of sp³-hybridized carbons (Fsp3) is 0.857. The van der Waals surface area contributed by atoms with Gasteiger partial charge in [0.2, 0.25) is 0 Å². The fourth-order valence-corrected chi connectivity index (χ4v) is 2.10. The number of carbonyl (C=O) groups is 2. The second kappa shape index (κ2) is 9.49. The van der Waals surface area contributed by atoms with E-state index in [1.807, 2.05) is 21.1 Å². The summed E-state index contributed by atoms with van der Waals surface area (Å²) in [5.41, 5.74) is -0.784. The lowest BCUT2D eigenvalue weighted by Gasteiger charge is -2.28. The van der Waals surface area contributed by atoms with Gasteiger partial charge in [-0.1, -0.05) is 0 Å². The second-order valence-electron chi connectivity index (χ2n) is 7.31. The highest BCUT2D eigenvalue weighted by Gasteiger charge is 2.27. The SMILES string of the molecule is COC(=O)C(COP(=O)([O-])OCC[N+](C)(C)C)NC(=O)OC(C)(C)C. The zero-order valence-corrected chi connectivity index (χ0v) is 16.8. The molecular formula is C14H29N2O8P. The van der Waals surface area contributed by atoms with Crippen LogP contribution >= 0.6 is 7.82 Å². The maximum absolute atomic E-state index is 11.7. The van der Waals surface area contributed by atoms with Gasteiger partial charge in [0, 0.05) is 0 Å². The lowest BCUT2D eigenvalue weighted by atomic mass is 10.2. The number of alkyl carbamates (subject to hydrolysis) is 1. The van der Waals surface area contributed by atoms with E-state index in [0.717, 1.165) is 7.11 Å². The molecule has 2 atom stereocenters. The Labute approximate surface area is 148 Å². The highest BCUT2D eigenvalue weighted by atomic mass is 31.2. The quantitative estimate of drug-likeness (QED) is 0.341. The van der Waals surface area contributed by atoms with E-state index in [4.69, 9.17) is 9.26 Å². The van der Waals surface area contributed by atoms with Gasteiger partial charge in [0.25, 0.3) is 7.82 Å². The third kappa shape index (κ3) is 12.8. The van der Waals surface area contributed by atoms with E-state index in [-0.39, 0.29) is 6.61 Å². The van der Waals surface area contributed by atoms with Crippen molar-refractivity contribution in [1.82, 2.24) is 5.32 Å². The lowest BCUT2D eigenvalue weighted by Crippen LogP contribution is -2.46. The average molecular weight is 384 g/mol. The molecule has 0 fully saturated rings. The Bertz CT molecular complexity index is 498. The van der Waals surface area contributed by atoms with Crippen molar-refractivity contribution in [2.75, 3.05) is 48.0 Å². The molecular weight excluding hydrogens is 355 g/mol. The smallest absolute Gasteiger partial charge is 0.408 e. The number of rotatable bonds is 9. The van der Waals surface area contributed by atoms with Gasteiger partial charge in [-0.05, 0) is 20.8 Å². The molecule has 148 valence electrons. The van der Waals surface area contributed by atoms with E-state index in [1.165, 1.54) is 0 Å². The van der Waals surface area contributed by atoms with Crippen molar-refractivity contribution in [3.63, 3.8) is 0 Å². The average Bonchev–Trinajstić information content (AvgIpc) is 2.38. The molecule has 0 bridgehead atoms. The van der Waals surface area contributed by atoms with Crippen LogP contribution in [0.5, 0.6) is 0 Å². The van der Waals surface area contributed by atoms with Crippen LogP contribution in [0.1, 0.15) is 20.8 Å². The normalized spacial score (nSPS) is 15.8. The third-order valence-corrected chi connectivity index (χ3v) is 3.55. The Balaban J connectivity index is 4.64. The highest BCUT2D eigenvalue weighted by Crippen LogP contribution is 2.38. The Morgan fingerprint density at radius 3 is 2.20 bits per heavy atom. The van der Waals surface area contributed by atoms with E-state index in [2.05, 4.69) is 14.6 Å². The van der Waals surface area contributed by atoms with Gasteiger partial charge in [0.15, 0.2) is 6.04 Å². The second-order valence-corrected chi connectivity index (χ2v) is 8.72. The first-order valence-electron chi connectivity index (χ1n) is 7.63. The summed E-state index contributed by atoms with van der Waals surface area (Å²) < 4.78 is 31.1. The molecule has 10 nitrogen and oxygen atoms in total. The Morgan fingerprint density at radius 2 is 1.76 bits per heavy atom. The zero-order chi connectivity index (χ0) is 19.9. The lowest BCUT2D eigenvalue weighted by molar-refractivity contribution is -0.870. The minimum absolute atomic E-state index is 0.0767. The van der Waals surface area contributed by atoms with Gasteiger partial charge in [0.05, 0.1) is 34.9 Å². The van der Waals surface area contributed by atoms with Crippen LogP contribution in [-0.4, -0.2) is 76.2 Å². The predicted octanol–water partition coefficient (Wildman–Crippen LogP) is 0.261. The maximum Gasteiger partial charge on any atom is 0.408 e. The summed E-state index contributed by atoms with van der Waals surface area (Å²) in [5.74, 6) is -0.878. The molecule has 0 aromatic rings. The van der Waals surface area contributed by atoms with Crippen LogP contribution in [0, 0.1) is 0 Å². The molecule has 0 aliphatic rings. The molecule has 1 N–H and O–H groups in total. The van der Waals surface area contributed by atoms with Crippen LogP contribution in [-0.2, 0) is 27.9 Å². The number of esters is 1. The number of phosphoric acid groups is 1. The number of phosphoric ester groups is 1. The van der Waals surface area contributed by atoms with Crippen molar-refractivity contribution in [2.45, 2.75) is 32.4 Å². The van der Waals surface area contributed by atoms with Crippen molar-refractivity contribution >= 4 is 19.9 Å². The van der Waals surface area contributed by atoms with E-state index in [0.29, 0.717) is 11.0 Å². The number of hydrogen-bond acceptors (Lipinski definition) is 8. The number of nitrogens with zero attached hydrogens (tertiary/aromatic N) is 1. The van der Waals surface area contributed by atoms with Gasteiger partial charge in [-0.15, -0.1) is 0 Å². The molecule has 2 unspecified atom stereocenters. The fourth-order valence-electron chi connectivity index (χ4n) is 1.39. The molecule has 0 aromatic carbocycles. The van der Waals surface area contributed by atoms with Crippen molar-refractivity contribution in [1.29, 1.82) is 0 Å². The number of amides is 1. The summed E-state index contributed by atoms with van der Waals surface area (Å²) in [4.78, 5) is 35.1. The van der Waals surface area contributed by atoms with Crippen molar-refractivity contribution in [3.8, 4) is 0 Å². The number of carbonyl (C=O) groups excluding carboxylic acids is 2. The summed E-state index contributed by atoms with van der Waals surface area (Å²) >= 11 is 0. The number of hydrogen-bond donors (Lipinski definition) is 1. The number of ether oxygens (including phenoxy) is 2. The largest absolute Gasteiger partial charge is 0.756 e. The van der Waals surface area contributed by atoms with Crippen LogP contribution in [0.25, 0.3) is 0 Å². The summed E-state index contributed by atoms with van der Waals surface area (Å²) in [5, 5.41) is 2.20. The van der Waals surface area contributed by atoms with E-state index in [1.54, 1.807) is 20.8 Å². The molecule has 0 rings (SSSR count). The number of likely N-dealkylation sites (N-methyl/N-ethyl adjacent to an activating group) is 1. The molecule has 25 heavy (non-hydrogen) atoms. The van der Waals surface area contributed by atoms with E-state index in [9.17, 15) is 19.0 Å². The van der Waals surface area contributed by atoms with Crippen LogP contribution in [0.15, 0.2) is 0 Å². The Morgan fingerprint density at radius 1 is 1.20 bits per heavy atom. The first kappa shape index (κ1) is 23.8. The molecule has 0 heterocycles. The van der Waals surface area contributed by atoms with E-state index >= 15 is 0 Å². The molecule has 1 amide bonds. The standard InChI is InChI=1S/C14H29N2O8P/c1-14(2,3)24-13(18)15-11(12(17)21-7)10-23-25(19,20)22-9-8-16(4,5)6/h11H,8-10H2,1-7H3,(H-,15,18,19,20). The number of nitrogens with one attached hydrogen (secondary N) is 1.